The standard InChI is InChI=1S/C6H5ClO3/c7-6-4(9)1-3(8)2-5(6)10/h1-2,8-10H. The zero-order valence-corrected chi connectivity index (χ0v) is 5.63. The lowest BCUT2D eigenvalue weighted by atomic mass is 10.3. The molecule has 0 radical (unpaired) electrons. The van der Waals surface area contributed by atoms with Crippen molar-refractivity contribution in [2.75, 3.05) is 0 Å². The van der Waals surface area contributed by atoms with E-state index in [-0.39, 0.29) is 22.3 Å². The lowest BCUT2D eigenvalue weighted by Gasteiger charge is -1.99. The average Bonchev–Trinajstić information content (AvgIpc) is 1.82. The summed E-state index contributed by atoms with van der Waals surface area (Å²) in [5.74, 6) is -0.891. The predicted octanol–water partition coefficient (Wildman–Crippen LogP) is 1.46. The van der Waals surface area contributed by atoms with E-state index in [2.05, 4.69) is 0 Å². The Morgan fingerprint density at radius 2 is 1.40 bits per heavy atom. The maximum atomic E-state index is 8.83. The number of hydrogen-bond donors (Lipinski definition) is 3. The summed E-state index contributed by atoms with van der Waals surface area (Å²) in [6.45, 7) is 0. The Kier molecular flexibility index (Phi) is 1.59. The van der Waals surface area contributed by atoms with Crippen LogP contribution in [-0.4, -0.2) is 15.3 Å². The molecule has 0 aliphatic carbocycles. The summed E-state index contributed by atoms with van der Waals surface area (Å²) in [7, 11) is 0. The molecular weight excluding hydrogens is 156 g/mol. The number of rotatable bonds is 0. The molecule has 3 nitrogen and oxygen atoms in total. The van der Waals surface area contributed by atoms with E-state index >= 15 is 0 Å². The fraction of sp³-hybridized carbons (Fsp3) is 0. The maximum Gasteiger partial charge on any atom is 0.141 e. The van der Waals surface area contributed by atoms with E-state index in [1.165, 1.54) is 0 Å². The van der Waals surface area contributed by atoms with Crippen LogP contribution < -0.4 is 0 Å². The molecule has 54 valence electrons. The van der Waals surface area contributed by atoms with E-state index in [0.29, 0.717) is 0 Å². The van der Waals surface area contributed by atoms with Crippen molar-refractivity contribution in [1.29, 1.82) is 0 Å². The average molecular weight is 161 g/mol. The van der Waals surface area contributed by atoms with Crippen molar-refractivity contribution in [3.63, 3.8) is 0 Å². The Balaban J connectivity index is 3.31. The lowest BCUT2D eigenvalue weighted by molar-refractivity contribution is 0.428. The van der Waals surface area contributed by atoms with Crippen molar-refractivity contribution < 1.29 is 15.3 Å². The Morgan fingerprint density at radius 3 is 1.80 bits per heavy atom. The summed E-state index contributed by atoms with van der Waals surface area (Å²) in [4.78, 5) is 0. The van der Waals surface area contributed by atoms with Crippen LogP contribution in [0, 0.1) is 0 Å². The molecule has 3 N–H and O–H groups in total. The van der Waals surface area contributed by atoms with Gasteiger partial charge >= 0.3 is 0 Å². The van der Waals surface area contributed by atoms with Gasteiger partial charge < -0.3 is 15.3 Å². The molecule has 0 spiro atoms. The first kappa shape index (κ1) is 7.02. The number of phenols is 3. The number of hydrogen-bond acceptors (Lipinski definition) is 3. The van der Waals surface area contributed by atoms with E-state index in [9.17, 15) is 0 Å². The predicted molar refractivity (Wildman–Crippen MR) is 36.4 cm³/mol. The highest BCUT2D eigenvalue weighted by Gasteiger charge is 2.05. The highest BCUT2D eigenvalue weighted by Crippen LogP contribution is 2.35. The van der Waals surface area contributed by atoms with Crippen molar-refractivity contribution in [2.24, 2.45) is 0 Å². The number of halogens is 1. The minimum absolute atomic E-state index is 0.155. The number of phenolic OH excluding ortho intramolecular Hbond substituents is 3. The Bertz CT molecular complexity index is 236. The topological polar surface area (TPSA) is 60.7 Å². The molecule has 4 heteroatoms. The van der Waals surface area contributed by atoms with Crippen molar-refractivity contribution >= 4 is 11.6 Å². The third kappa shape index (κ3) is 1.09. The molecule has 0 aliphatic heterocycles. The van der Waals surface area contributed by atoms with Crippen LogP contribution in [0.1, 0.15) is 0 Å². The van der Waals surface area contributed by atoms with Gasteiger partial charge in [-0.2, -0.15) is 0 Å². The summed E-state index contributed by atoms with van der Waals surface area (Å²) in [5.41, 5.74) is 0. The first-order chi connectivity index (χ1) is 4.61. The molecule has 0 atom stereocenters. The van der Waals surface area contributed by atoms with Crippen LogP contribution in [-0.2, 0) is 0 Å². The minimum atomic E-state index is -0.334. The number of benzene rings is 1. The second-order valence-corrected chi connectivity index (χ2v) is 2.18. The van der Waals surface area contributed by atoms with Crippen LogP contribution in [0.2, 0.25) is 5.02 Å². The Morgan fingerprint density at radius 1 is 1.00 bits per heavy atom. The zero-order valence-electron chi connectivity index (χ0n) is 4.87. The molecule has 0 unspecified atom stereocenters. The van der Waals surface area contributed by atoms with Crippen LogP contribution in [0.3, 0.4) is 0 Å². The summed E-state index contributed by atoms with van der Waals surface area (Å²) in [5, 5.41) is 26.2. The van der Waals surface area contributed by atoms with Gasteiger partial charge in [-0.05, 0) is 0 Å². The monoisotopic (exact) mass is 160 g/mol. The quantitative estimate of drug-likeness (QED) is 0.539. The molecule has 0 saturated carbocycles. The fourth-order valence-electron chi connectivity index (χ4n) is 0.580. The molecule has 0 aliphatic rings. The van der Waals surface area contributed by atoms with Gasteiger partial charge in [-0.15, -0.1) is 0 Å². The molecule has 1 aromatic carbocycles. The zero-order chi connectivity index (χ0) is 7.72. The van der Waals surface area contributed by atoms with Crippen LogP contribution in [0.15, 0.2) is 12.1 Å². The minimum Gasteiger partial charge on any atom is -0.508 e. The SMILES string of the molecule is Oc1cc(O)c(Cl)c(O)c1. The second-order valence-electron chi connectivity index (χ2n) is 1.80. The molecule has 0 fully saturated rings. The van der Waals surface area contributed by atoms with Crippen LogP contribution >= 0.6 is 11.6 Å². The van der Waals surface area contributed by atoms with Crippen LogP contribution in [0.5, 0.6) is 17.2 Å². The summed E-state index contributed by atoms with van der Waals surface area (Å²) >= 11 is 5.34. The van der Waals surface area contributed by atoms with Gasteiger partial charge in [0.25, 0.3) is 0 Å². The van der Waals surface area contributed by atoms with E-state index in [1.54, 1.807) is 0 Å². The molecule has 1 rings (SSSR count). The first-order valence-electron chi connectivity index (χ1n) is 2.51. The molecular formula is C6H5ClO3. The van der Waals surface area contributed by atoms with Crippen molar-refractivity contribution in [2.45, 2.75) is 0 Å². The van der Waals surface area contributed by atoms with Crippen molar-refractivity contribution in [3.8, 4) is 17.2 Å². The first-order valence-corrected chi connectivity index (χ1v) is 2.89. The van der Waals surface area contributed by atoms with Gasteiger partial charge in [0.05, 0.1) is 0 Å². The Labute approximate surface area is 62.1 Å². The van der Waals surface area contributed by atoms with E-state index in [1.807, 2.05) is 0 Å². The molecule has 0 heterocycles. The van der Waals surface area contributed by atoms with E-state index in [4.69, 9.17) is 26.9 Å². The molecule has 1 aromatic rings. The third-order valence-electron chi connectivity index (χ3n) is 1.02. The van der Waals surface area contributed by atoms with E-state index < -0.39 is 0 Å². The van der Waals surface area contributed by atoms with Gasteiger partial charge in [-0.25, -0.2) is 0 Å². The molecule has 0 aromatic heterocycles. The molecule has 10 heavy (non-hydrogen) atoms. The third-order valence-corrected chi connectivity index (χ3v) is 1.41. The molecule has 0 saturated heterocycles. The van der Waals surface area contributed by atoms with Crippen LogP contribution in [0.4, 0.5) is 0 Å². The second kappa shape index (κ2) is 2.27. The largest absolute Gasteiger partial charge is 0.508 e. The normalized spacial score (nSPS) is 9.70. The maximum absolute atomic E-state index is 8.83. The summed E-state index contributed by atoms with van der Waals surface area (Å²) in [6.07, 6.45) is 0. The molecule has 0 amide bonds. The fourth-order valence-corrected chi connectivity index (χ4v) is 0.689. The smallest absolute Gasteiger partial charge is 0.141 e. The Hall–Kier alpha value is -1.09. The highest BCUT2D eigenvalue weighted by molar-refractivity contribution is 6.33. The van der Waals surface area contributed by atoms with Gasteiger partial charge in [0.2, 0.25) is 0 Å². The van der Waals surface area contributed by atoms with Crippen molar-refractivity contribution in [1.82, 2.24) is 0 Å². The van der Waals surface area contributed by atoms with Gasteiger partial charge in [-0.1, -0.05) is 11.6 Å². The van der Waals surface area contributed by atoms with Crippen molar-refractivity contribution in [3.05, 3.63) is 17.2 Å². The van der Waals surface area contributed by atoms with Gasteiger partial charge in [0, 0.05) is 12.1 Å². The lowest BCUT2D eigenvalue weighted by Crippen LogP contribution is -1.70. The van der Waals surface area contributed by atoms with Crippen LogP contribution in [0.25, 0.3) is 0 Å². The van der Waals surface area contributed by atoms with Gasteiger partial charge in [0.15, 0.2) is 0 Å². The molecule has 0 bridgehead atoms. The summed E-state index contributed by atoms with van der Waals surface area (Å²) < 4.78 is 0. The van der Waals surface area contributed by atoms with Gasteiger partial charge in [-0.3, -0.25) is 0 Å². The highest BCUT2D eigenvalue weighted by atomic mass is 35.5. The summed E-state index contributed by atoms with van der Waals surface area (Å²) in [6, 6.07) is 2.09. The number of aromatic hydroxyl groups is 3. The van der Waals surface area contributed by atoms with Gasteiger partial charge in [0.1, 0.15) is 22.3 Å². The van der Waals surface area contributed by atoms with E-state index in [0.717, 1.165) is 12.1 Å².